The highest BCUT2D eigenvalue weighted by Crippen LogP contribution is 2.06. The van der Waals surface area contributed by atoms with E-state index in [-0.39, 0.29) is 5.97 Å². The van der Waals surface area contributed by atoms with E-state index in [4.69, 9.17) is 4.74 Å². The van der Waals surface area contributed by atoms with E-state index in [1.807, 2.05) is 18.2 Å². The van der Waals surface area contributed by atoms with Crippen molar-refractivity contribution in [1.29, 1.82) is 0 Å². The second-order valence-electron chi connectivity index (χ2n) is 3.00. The molecule has 1 aromatic rings. The number of methoxy groups -OCH3 is 2. The van der Waals surface area contributed by atoms with Crippen LogP contribution in [0.2, 0.25) is 0 Å². The molecule has 0 saturated heterocycles. The van der Waals surface area contributed by atoms with E-state index in [0.29, 0.717) is 5.56 Å². The van der Waals surface area contributed by atoms with Crippen LogP contribution in [0.1, 0.15) is 15.9 Å². The Morgan fingerprint density at radius 2 is 1.93 bits per heavy atom. The zero-order valence-electron chi connectivity index (χ0n) is 8.90. The van der Waals surface area contributed by atoms with E-state index < -0.39 is 0 Å². The summed E-state index contributed by atoms with van der Waals surface area (Å²) in [5.41, 5.74) is 1.69. The van der Waals surface area contributed by atoms with Crippen molar-refractivity contribution in [2.24, 2.45) is 0 Å². The van der Waals surface area contributed by atoms with Gasteiger partial charge < -0.3 is 9.47 Å². The summed E-state index contributed by atoms with van der Waals surface area (Å²) >= 11 is 0. The number of esters is 1. The number of carbonyl (C=O) groups is 1. The topological polar surface area (TPSA) is 35.5 Å². The van der Waals surface area contributed by atoms with E-state index in [9.17, 15) is 4.79 Å². The molecule has 15 heavy (non-hydrogen) atoms. The Kier molecular flexibility index (Phi) is 4.41. The van der Waals surface area contributed by atoms with Crippen molar-refractivity contribution < 1.29 is 14.3 Å². The Bertz CT molecular complexity index is 338. The molecule has 0 fully saturated rings. The number of benzene rings is 1. The zero-order chi connectivity index (χ0) is 11.1. The van der Waals surface area contributed by atoms with Crippen molar-refractivity contribution in [3.8, 4) is 0 Å². The summed E-state index contributed by atoms with van der Waals surface area (Å²) in [5.74, 6) is -0.311. The standard InChI is InChI=1S/C12H14O3/c1-14-9-3-4-10-5-7-11(8-6-10)12(13)15-2/h3,5-9H,4H2,1-2H3/b9-3+. The van der Waals surface area contributed by atoms with Crippen molar-refractivity contribution in [2.75, 3.05) is 14.2 Å². The van der Waals surface area contributed by atoms with Gasteiger partial charge in [-0.1, -0.05) is 12.1 Å². The minimum absolute atomic E-state index is 0.311. The van der Waals surface area contributed by atoms with Gasteiger partial charge in [0.25, 0.3) is 0 Å². The summed E-state index contributed by atoms with van der Waals surface area (Å²) < 4.78 is 9.39. The lowest BCUT2D eigenvalue weighted by molar-refractivity contribution is 0.0600. The second kappa shape index (κ2) is 5.86. The molecule has 0 aliphatic rings. The highest BCUT2D eigenvalue weighted by Gasteiger charge is 2.03. The lowest BCUT2D eigenvalue weighted by atomic mass is 10.1. The van der Waals surface area contributed by atoms with Gasteiger partial charge in [0.15, 0.2) is 0 Å². The molecule has 0 spiro atoms. The van der Waals surface area contributed by atoms with Crippen LogP contribution in [-0.4, -0.2) is 20.2 Å². The van der Waals surface area contributed by atoms with Crippen LogP contribution in [0.25, 0.3) is 0 Å². The molecule has 0 saturated carbocycles. The van der Waals surface area contributed by atoms with E-state index >= 15 is 0 Å². The molecule has 0 unspecified atom stereocenters. The predicted molar refractivity (Wildman–Crippen MR) is 57.6 cm³/mol. The van der Waals surface area contributed by atoms with Gasteiger partial charge in [-0.2, -0.15) is 0 Å². The normalized spacial score (nSPS) is 10.3. The third kappa shape index (κ3) is 3.46. The van der Waals surface area contributed by atoms with Crippen LogP contribution in [0, 0.1) is 0 Å². The summed E-state index contributed by atoms with van der Waals surface area (Å²) in [6, 6.07) is 7.29. The summed E-state index contributed by atoms with van der Waals surface area (Å²) in [5, 5.41) is 0. The molecule has 0 N–H and O–H groups in total. The Morgan fingerprint density at radius 1 is 1.27 bits per heavy atom. The maximum absolute atomic E-state index is 11.1. The van der Waals surface area contributed by atoms with Crippen LogP contribution in [0.5, 0.6) is 0 Å². The first-order valence-corrected chi connectivity index (χ1v) is 4.63. The first kappa shape index (κ1) is 11.3. The van der Waals surface area contributed by atoms with Crippen molar-refractivity contribution in [1.82, 2.24) is 0 Å². The van der Waals surface area contributed by atoms with E-state index in [0.717, 1.165) is 12.0 Å². The monoisotopic (exact) mass is 206 g/mol. The molecule has 0 aliphatic carbocycles. The molecule has 80 valence electrons. The maximum atomic E-state index is 11.1. The smallest absolute Gasteiger partial charge is 0.337 e. The van der Waals surface area contributed by atoms with Crippen LogP contribution in [-0.2, 0) is 15.9 Å². The zero-order valence-corrected chi connectivity index (χ0v) is 8.90. The Hall–Kier alpha value is -1.77. The largest absolute Gasteiger partial charge is 0.505 e. The number of carbonyl (C=O) groups excluding carboxylic acids is 1. The van der Waals surface area contributed by atoms with Crippen molar-refractivity contribution in [3.05, 3.63) is 47.7 Å². The average molecular weight is 206 g/mol. The minimum atomic E-state index is -0.311. The van der Waals surface area contributed by atoms with Gasteiger partial charge in [-0.25, -0.2) is 4.79 Å². The Morgan fingerprint density at radius 3 is 2.47 bits per heavy atom. The van der Waals surface area contributed by atoms with Gasteiger partial charge in [-0.05, 0) is 30.2 Å². The van der Waals surface area contributed by atoms with Crippen LogP contribution in [0.15, 0.2) is 36.6 Å². The van der Waals surface area contributed by atoms with Gasteiger partial charge in [0, 0.05) is 0 Å². The van der Waals surface area contributed by atoms with Crippen molar-refractivity contribution >= 4 is 5.97 Å². The number of allylic oxidation sites excluding steroid dienone is 1. The number of rotatable bonds is 4. The van der Waals surface area contributed by atoms with E-state index in [1.165, 1.54) is 7.11 Å². The third-order valence-electron chi connectivity index (χ3n) is 1.96. The third-order valence-corrected chi connectivity index (χ3v) is 1.96. The molecule has 0 radical (unpaired) electrons. The molecule has 0 aliphatic heterocycles. The summed E-state index contributed by atoms with van der Waals surface area (Å²) in [4.78, 5) is 11.1. The molecule has 3 heteroatoms. The quantitative estimate of drug-likeness (QED) is 0.559. The predicted octanol–water partition coefficient (Wildman–Crippen LogP) is 2.18. The van der Waals surface area contributed by atoms with Gasteiger partial charge >= 0.3 is 5.97 Å². The van der Waals surface area contributed by atoms with Crippen molar-refractivity contribution in [3.63, 3.8) is 0 Å². The molecule has 0 atom stereocenters. The molecule has 0 bridgehead atoms. The SMILES string of the molecule is CO/C=C/Cc1ccc(C(=O)OC)cc1. The fourth-order valence-corrected chi connectivity index (χ4v) is 1.18. The molecule has 3 nitrogen and oxygen atoms in total. The van der Waals surface area contributed by atoms with Gasteiger partial charge in [0.05, 0.1) is 26.0 Å². The van der Waals surface area contributed by atoms with E-state index in [1.54, 1.807) is 25.5 Å². The first-order valence-electron chi connectivity index (χ1n) is 4.63. The molecule has 0 aromatic heterocycles. The van der Waals surface area contributed by atoms with Gasteiger partial charge in [0.1, 0.15) is 0 Å². The molecule has 1 rings (SSSR count). The van der Waals surface area contributed by atoms with Crippen LogP contribution >= 0.6 is 0 Å². The second-order valence-corrected chi connectivity index (χ2v) is 3.00. The van der Waals surface area contributed by atoms with E-state index in [2.05, 4.69) is 4.74 Å². The number of hydrogen-bond acceptors (Lipinski definition) is 3. The van der Waals surface area contributed by atoms with Gasteiger partial charge in [-0.3, -0.25) is 0 Å². The van der Waals surface area contributed by atoms with Crippen LogP contribution < -0.4 is 0 Å². The first-order chi connectivity index (χ1) is 7.27. The molecular weight excluding hydrogens is 192 g/mol. The fourth-order valence-electron chi connectivity index (χ4n) is 1.18. The maximum Gasteiger partial charge on any atom is 0.337 e. The Labute approximate surface area is 89.3 Å². The van der Waals surface area contributed by atoms with Crippen LogP contribution in [0.4, 0.5) is 0 Å². The van der Waals surface area contributed by atoms with Crippen molar-refractivity contribution in [2.45, 2.75) is 6.42 Å². The van der Waals surface area contributed by atoms with Crippen LogP contribution in [0.3, 0.4) is 0 Å². The fraction of sp³-hybridized carbons (Fsp3) is 0.250. The number of hydrogen-bond donors (Lipinski definition) is 0. The molecular formula is C12H14O3. The lowest BCUT2D eigenvalue weighted by Crippen LogP contribution is -2.00. The minimum Gasteiger partial charge on any atom is -0.505 e. The number of ether oxygens (including phenoxy) is 2. The summed E-state index contributed by atoms with van der Waals surface area (Å²) in [6.07, 6.45) is 4.33. The molecule has 1 aromatic carbocycles. The molecule has 0 heterocycles. The van der Waals surface area contributed by atoms with Gasteiger partial charge in [0.2, 0.25) is 0 Å². The van der Waals surface area contributed by atoms with Gasteiger partial charge in [-0.15, -0.1) is 0 Å². The Balaban J connectivity index is 2.64. The summed E-state index contributed by atoms with van der Waals surface area (Å²) in [7, 11) is 2.98. The average Bonchev–Trinajstić information content (AvgIpc) is 2.29. The lowest BCUT2D eigenvalue weighted by Gasteiger charge is -2.00. The highest BCUT2D eigenvalue weighted by molar-refractivity contribution is 5.89. The highest BCUT2D eigenvalue weighted by atomic mass is 16.5. The summed E-state index contributed by atoms with van der Waals surface area (Å²) in [6.45, 7) is 0. The molecule has 0 amide bonds.